The van der Waals surface area contributed by atoms with Crippen LogP contribution >= 0.6 is 15.9 Å². The van der Waals surface area contributed by atoms with Gasteiger partial charge in [-0.15, -0.1) is 0 Å². The van der Waals surface area contributed by atoms with Crippen LogP contribution in [-0.2, 0) is 6.54 Å². The summed E-state index contributed by atoms with van der Waals surface area (Å²) >= 11 is 3.41. The van der Waals surface area contributed by atoms with E-state index >= 15 is 0 Å². The van der Waals surface area contributed by atoms with Gasteiger partial charge < -0.3 is 10.7 Å². The molecule has 0 radical (unpaired) electrons. The van der Waals surface area contributed by atoms with Crippen LogP contribution in [-0.4, -0.2) is 19.7 Å². The summed E-state index contributed by atoms with van der Waals surface area (Å²) in [5.74, 6) is 0.841. The molecule has 0 atom stereocenters. The van der Waals surface area contributed by atoms with Crippen molar-refractivity contribution in [3.05, 3.63) is 40.9 Å². The molecule has 2 heterocycles. The zero-order valence-corrected chi connectivity index (χ0v) is 10.5. The Morgan fingerprint density at radius 3 is 3.06 bits per heavy atom. The average molecular weight is 292 g/mol. The molecule has 3 rings (SSSR count). The summed E-state index contributed by atoms with van der Waals surface area (Å²) in [6.07, 6.45) is 3.64. The van der Waals surface area contributed by atoms with Crippen LogP contribution in [0.4, 0.5) is 5.69 Å². The fourth-order valence-electron chi connectivity index (χ4n) is 1.78. The van der Waals surface area contributed by atoms with Crippen molar-refractivity contribution in [1.29, 1.82) is 0 Å². The van der Waals surface area contributed by atoms with Crippen LogP contribution in [0.5, 0.6) is 0 Å². The number of fused-ring (bicyclic) bond motifs is 1. The first-order chi connectivity index (χ1) is 8.22. The summed E-state index contributed by atoms with van der Waals surface area (Å²) in [6.45, 7) is 0.610. The van der Waals surface area contributed by atoms with Gasteiger partial charge in [0.15, 0.2) is 0 Å². The molecule has 0 aliphatic carbocycles. The van der Waals surface area contributed by atoms with Gasteiger partial charge in [-0.1, -0.05) is 15.9 Å². The van der Waals surface area contributed by atoms with Gasteiger partial charge in [-0.2, -0.15) is 5.10 Å². The first kappa shape index (κ1) is 10.3. The van der Waals surface area contributed by atoms with Crippen molar-refractivity contribution >= 4 is 32.7 Å². The molecule has 0 aliphatic heterocycles. The van der Waals surface area contributed by atoms with Crippen molar-refractivity contribution in [2.24, 2.45) is 0 Å². The highest BCUT2D eigenvalue weighted by atomic mass is 79.9. The monoisotopic (exact) mass is 291 g/mol. The summed E-state index contributed by atoms with van der Waals surface area (Å²) in [6, 6.07) is 5.69. The molecular formula is C11H10BrN5. The maximum absolute atomic E-state index is 5.91. The molecule has 3 N–H and O–H groups in total. The molecule has 3 aromatic rings. The first-order valence-corrected chi connectivity index (χ1v) is 5.93. The largest absolute Gasteiger partial charge is 0.397 e. The third-order valence-corrected chi connectivity index (χ3v) is 2.96. The first-order valence-electron chi connectivity index (χ1n) is 5.13. The number of hydrogen-bond acceptors (Lipinski definition) is 3. The highest BCUT2D eigenvalue weighted by molar-refractivity contribution is 9.10. The van der Waals surface area contributed by atoms with E-state index in [0.29, 0.717) is 12.2 Å². The molecule has 0 unspecified atom stereocenters. The maximum Gasteiger partial charge on any atom is 0.129 e. The second-order valence-corrected chi connectivity index (χ2v) is 4.69. The zero-order valence-electron chi connectivity index (χ0n) is 8.89. The lowest BCUT2D eigenvalue weighted by Gasteiger charge is -1.95. The Bertz CT molecular complexity index is 656. The van der Waals surface area contributed by atoms with Gasteiger partial charge in [0.2, 0.25) is 0 Å². The van der Waals surface area contributed by atoms with Crippen molar-refractivity contribution in [2.45, 2.75) is 6.54 Å². The molecule has 6 heteroatoms. The Kier molecular flexibility index (Phi) is 2.36. The average Bonchev–Trinajstić information content (AvgIpc) is 2.87. The molecular weight excluding hydrogens is 282 g/mol. The summed E-state index contributed by atoms with van der Waals surface area (Å²) < 4.78 is 2.75. The molecule has 1 aromatic carbocycles. The Morgan fingerprint density at radius 1 is 1.41 bits per heavy atom. The van der Waals surface area contributed by atoms with Crippen molar-refractivity contribution in [2.75, 3.05) is 5.73 Å². The number of imidazole rings is 1. The van der Waals surface area contributed by atoms with Crippen LogP contribution in [0.1, 0.15) is 5.82 Å². The number of benzene rings is 1. The quantitative estimate of drug-likeness (QED) is 0.711. The van der Waals surface area contributed by atoms with E-state index in [1.54, 1.807) is 6.20 Å². The van der Waals surface area contributed by atoms with Crippen LogP contribution in [0.3, 0.4) is 0 Å². The molecule has 0 aliphatic rings. The molecule has 5 nitrogen and oxygen atoms in total. The van der Waals surface area contributed by atoms with Gasteiger partial charge in [0, 0.05) is 16.9 Å². The molecule has 0 fully saturated rings. The highest BCUT2D eigenvalue weighted by Crippen LogP contribution is 2.24. The minimum atomic E-state index is 0.610. The topological polar surface area (TPSA) is 72.5 Å². The summed E-state index contributed by atoms with van der Waals surface area (Å²) in [7, 11) is 0. The Hall–Kier alpha value is -1.82. The van der Waals surface area contributed by atoms with E-state index in [4.69, 9.17) is 5.73 Å². The van der Waals surface area contributed by atoms with E-state index in [-0.39, 0.29) is 0 Å². The van der Waals surface area contributed by atoms with Crippen molar-refractivity contribution in [3.8, 4) is 0 Å². The number of nitrogens with one attached hydrogen (secondary N) is 1. The smallest absolute Gasteiger partial charge is 0.129 e. The second-order valence-electron chi connectivity index (χ2n) is 3.78. The van der Waals surface area contributed by atoms with Gasteiger partial charge in [-0.3, -0.25) is 4.68 Å². The van der Waals surface area contributed by atoms with Crippen LogP contribution in [0.15, 0.2) is 35.1 Å². The number of nitrogens with two attached hydrogens (primary N) is 1. The van der Waals surface area contributed by atoms with Gasteiger partial charge in [-0.25, -0.2) is 4.98 Å². The van der Waals surface area contributed by atoms with E-state index < -0.39 is 0 Å². The minimum absolute atomic E-state index is 0.610. The number of halogens is 1. The lowest BCUT2D eigenvalue weighted by Crippen LogP contribution is -2.01. The number of H-pyrrole nitrogens is 1. The minimum Gasteiger partial charge on any atom is -0.397 e. The number of nitrogens with zero attached hydrogens (tertiary/aromatic N) is 3. The molecule has 86 valence electrons. The third kappa shape index (κ3) is 1.91. The van der Waals surface area contributed by atoms with Crippen LogP contribution in [0.25, 0.3) is 11.0 Å². The standard InChI is InChI=1S/C11H10BrN5/c12-7-4-8(13)11-9(5-7)15-10(16-11)6-17-3-1-2-14-17/h1-5H,6,13H2,(H,15,16). The van der Waals surface area contributed by atoms with Gasteiger partial charge in [0.1, 0.15) is 11.3 Å². The summed E-state index contributed by atoms with van der Waals surface area (Å²) in [5.41, 5.74) is 8.30. The van der Waals surface area contributed by atoms with E-state index in [1.807, 2.05) is 29.1 Å². The predicted molar refractivity (Wildman–Crippen MR) is 69.5 cm³/mol. The van der Waals surface area contributed by atoms with Crippen LogP contribution < -0.4 is 5.73 Å². The summed E-state index contributed by atoms with van der Waals surface area (Å²) in [4.78, 5) is 7.70. The fourth-order valence-corrected chi connectivity index (χ4v) is 2.26. The predicted octanol–water partition coefficient (Wildman–Crippen LogP) is 2.15. The molecule has 0 amide bonds. The van der Waals surface area contributed by atoms with Crippen molar-refractivity contribution < 1.29 is 0 Å². The van der Waals surface area contributed by atoms with E-state index in [1.165, 1.54) is 0 Å². The maximum atomic E-state index is 5.91. The zero-order chi connectivity index (χ0) is 11.8. The van der Waals surface area contributed by atoms with Crippen LogP contribution in [0.2, 0.25) is 0 Å². The van der Waals surface area contributed by atoms with Gasteiger partial charge >= 0.3 is 0 Å². The van der Waals surface area contributed by atoms with Gasteiger partial charge in [0.25, 0.3) is 0 Å². The number of anilines is 1. The van der Waals surface area contributed by atoms with Crippen LogP contribution in [0, 0.1) is 0 Å². The van der Waals surface area contributed by atoms with Crippen molar-refractivity contribution in [1.82, 2.24) is 19.7 Å². The van der Waals surface area contributed by atoms with Crippen molar-refractivity contribution in [3.63, 3.8) is 0 Å². The molecule has 0 saturated carbocycles. The lowest BCUT2D eigenvalue weighted by atomic mass is 10.3. The normalized spacial score (nSPS) is 11.1. The number of aromatic nitrogens is 4. The van der Waals surface area contributed by atoms with E-state index in [0.717, 1.165) is 21.3 Å². The van der Waals surface area contributed by atoms with E-state index in [2.05, 4.69) is 31.0 Å². The second kappa shape index (κ2) is 3.89. The third-order valence-electron chi connectivity index (χ3n) is 2.50. The Labute approximate surface area is 106 Å². The number of rotatable bonds is 2. The number of aromatic amines is 1. The molecule has 0 bridgehead atoms. The van der Waals surface area contributed by atoms with Gasteiger partial charge in [0.05, 0.1) is 17.7 Å². The summed E-state index contributed by atoms with van der Waals surface area (Å²) in [5, 5.41) is 4.14. The molecule has 0 saturated heterocycles. The van der Waals surface area contributed by atoms with Gasteiger partial charge in [-0.05, 0) is 18.2 Å². The number of nitrogen functional groups attached to an aromatic ring is 1. The Balaban J connectivity index is 2.05. The molecule has 17 heavy (non-hydrogen) atoms. The Morgan fingerprint density at radius 2 is 2.29 bits per heavy atom. The van der Waals surface area contributed by atoms with E-state index in [9.17, 15) is 0 Å². The molecule has 0 spiro atoms. The number of hydrogen-bond donors (Lipinski definition) is 2. The SMILES string of the molecule is Nc1cc(Br)cc2[nH]c(Cn3cccn3)nc12. The fraction of sp³-hybridized carbons (Fsp3) is 0.0909. The molecule has 2 aromatic heterocycles. The lowest BCUT2D eigenvalue weighted by molar-refractivity contribution is 0.663. The highest BCUT2D eigenvalue weighted by Gasteiger charge is 2.07.